The third-order valence-corrected chi connectivity index (χ3v) is 3.38. The van der Waals surface area contributed by atoms with Crippen molar-refractivity contribution in [2.24, 2.45) is 5.16 Å². The minimum atomic E-state index is 0.491. The van der Waals surface area contributed by atoms with Crippen LogP contribution >= 0.6 is 0 Å². The Hall–Kier alpha value is -2.75. The van der Waals surface area contributed by atoms with Crippen LogP contribution in [-0.4, -0.2) is 12.3 Å². The summed E-state index contributed by atoms with van der Waals surface area (Å²) in [6.45, 7) is 1.98. The summed E-state index contributed by atoms with van der Waals surface area (Å²) in [7, 11) is 1.63. The number of fused-ring (bicyclic) bond motifs is 1. The third-order valence-electron chi connectivity index (χ3n) is 3.38. The van der Waals surface area contributed by atoms with Crippen molar-refractivity contribution in [1.82, 2.24) is 0 Å². The second-order valence-corrected chi connectivity index (χ2v) is 4.82. The summed E-state index contributed by atoms with van der Waals surface area (Å²) in [5, 5.41) is 13.9. The van der Waals surface area contributed by atoms with Crippen LogP contribution in [0.2, 0.25) is 0 Å². The zero-order valence-corrected chi connectivity index (χ0v) is 11.8. The molecular weight excluding hydrogens is 266 g/mol. The van der Waals surface area contributed by atoms with Crippen molar-refractivity contribution in [2.75, 3.05) is 7.11 Å². The van der Waals surface area contributed by atoms with E-state index < -0.39 is 0 Å². The molecule has 1 N–H and O–H groups in total. The Kier molecular flexibility index (Phi) is 3.36. The van der Waals surface area contributed by atoms with Crippen molar-refractivity contribution in [3.05, 3.63) is 59.5 Å². The molecule has 0 saturated heterocycles. The molecule has 0 saturated carbocycles. The number of aryl methyl sites for hydroxylation is 1. The molecule has 0 fully saturated rings. The summed E-state index contributed by atoms with van der Waals surface area (Å²) in [6, 6.07) is 15.0. The largest absolute Gasteiger partial charge is 0.497 e. The van der Waals surface area contributed by atoms with Gasteiger partial charge in [0.05, 0.1) is 7.11 Å². The molecule has 0 bridgehead atoms. The number of rotatable bonds is 2. The van der Waals surface area contributed by atoms with Crippen LogP contribution in [0.4, 0.5) is 0 Å². The average Bonchev–Trinajstić information content (AvgIpc) is 2.54. The summed E-state index contributed by atoms with van der Waals surface area (Å²) in [5.74, 6) is 1.42. The van der Waals surface area contributed by atoms with Crippen molar-refractivity contribution in [3.8, 4) is 17.1 Å². The van der Waals surface area contributed by atoms with Gasteiger partial charge in [-0.1, -0.05) is 16.8 Å². The summed E-state index contributed by atoms with van der Waals surface area (Å²) in [6.07, 6.45) is 0. The molecule has 0 aliphatic carbocycles. The van der Waals surface area contributed by atoms with E-state index in [9.17, 15) is 5.21 Å². The standard InChI is InChI=1S/C17H15NO3/c1-11-3-8-16-14(9-11)15(18-19)10-17(21-16)12-4-6-13(20-2)7-5-12/h3-10,19H,1-2H3. The first kappa shape index (κ1) is 13.2. The van der Waals surface area contributed by atoms with Gasteiger partial charge in [0.25, 0.3) is 0 Å². The summed E-state index contributed by atoms with van der Waals surface area (Å²) in [4.78, 5) is 0. The summed E-state index contributed by atoms with van der Waals surface area (Å²) < 4.78 is 11.1. The molecule has 1 heterocycles. The molecule has 106 valence electrons. The molecule has 0 unspecified atom stereocenters. The lowest BCUT2D eigenvalue weighted by Gasteiger charge is -2.06. The number of nitrogens with zero attached hydrogens (tertiary/aromatic N) is 1. The molecule has 0 spiro atoms. The second kappa shape index (κ2) is 5.32. The van der Waals surface area contributed by atoms with E-state index >= 15 is 0 Å². The fourth-order valence-corrected chi connectivity index (χ4v) is 2.26. The highest BCUT2D eigenvalue weighted by Crippen LogP contribution is 2.24. The first-order valence-electron chi connectivity index (χ1n) is 6.58. The number of hydrogen-bond donors (Lipinski definition) is 1. The number of ether oxygens (including phenoxy) is 1. The fourth-order valence-electron chi connectivity index (χ4n) is 2.26. The Morgan fingerprint density at radius 2 is 1.81 bits per heavy atom. The monoisotopic (exact) mass is 281 g/mol. The van der Waals surface area contributed by atoms with Gasteiger partial charge in [-0.15, -0.1) is 0 Å². The van der Waals surface area contributed by atoms with E-state index in [-0.39, 0.29) is 0 Å². The van der Waals surface area contributed by atoms with E-state index in [4.69, 9.17) is 9.15 Å². The molecule has 0 amide bonds. The topological polar surface area (TPSA) is 55.0 Å². The lowest BCUT2D eigenvalue weighted by atomic mass is 10.1. The van der Waals surface area contributed by atoms with Crippen LogP contribution in [-0.2, 0) is 0 Å². The van der Waals surface area contributed by atoms with Gasteiger partial charge >= 0.3 is 0 Å². The molecular formula is C17H15NO3. The normalized spacial score (nSPS) is 11.8. The lowest BCUT2D eigenvalue weighted by molar-refractivity contribution is 0.302. The Morgan fingerprint density at radius 1 is 1.05 bits per heavy atom. The Morgan fingerprint density at radius 3 is 2.48 bits per heavy atom. The van der Waals surface area contributed by atoms with Crippen LogP contribution in [0.5, 0.6) is 5.75 Å². The Bertz CT molecular complexity index is 848. The van der Waals surface area contributed by atoms with Gasteiger partial charge in [-0.25, -0.2) is 0 Å². The van der Waals surface area contributed by atoms with Gasteiger partial charge in [0, 0.05) is 17.0 Å². The maximum atomic E-state index is 9.24. The number of methoxy groups -OCH3 is 1. The van der Waals surface area contributed by atoms with Crippen LogP contribution < -0.4 is 10.1 Å². The molecule has 1 aromatic heterocycles. The van der Waals surface area contributed by atoms with Gasteiger partial charge in [0.2, 0.25) is 0 Å². The smallest absolute Gasteiger partial charge is 0.137 e. The number of hydrogen-bond acceptors (Lipinski definition) is 4. The summed E-state index contributed by atoms with van der Waals surface area (Å²) >= 11 is 0. The minimum absolute atomic E-state index is 0.491. The molecule has 4 heteroatoms. The minimum Gasteiger partial charge on any atom is -0.497 e. The quantitative estimate of drug-likeness (QED) is 0.575. The SMILES string of the molecule is COc1ccc(-c2cc(=NO)c3cc(C)ccc3o2)cc1. The highest BCUT2D eigenvalue weighted by Gasteiger charge is 2.06. The second-order valence-electron chi connectivity index (χ2n) is 4.82. The molecule has 21 heavy (non-hydrogen) atoms. The van der Waals surface area contributed by atoms with E-state index in [1.807, 2.05) is 49.4 Å². The van der Waals surface area contributed by atoms with E-state index in [0.29, 0.717) is 16.7 Å². The molecule has 0 aliphatic heterocycles. The first-order chi connectivity index (χ1) is 10.2. The molecule has 3 aromatic rings. The van der Waals surface area contributed by atoms with E-state index in [1.165, 1.54) is 0 Å². The highest BCUT2D eigenvalue weighted by atomic mass is 16.5. The van der Waals surface area contributed by atoms with Gasteiger partial charge in [0.1, 0.15) is 22.5 Å². The molecule has 0 aliphatic rings. The summed E-state index contributed by atoms with van der Waals surface area (Å²) in [5.41, 5.74) is 2.66. The van der Waals surface area contributed by atoms with E-state index in [0.717, 1.165) is 22.3 Å². The van der Waals surface area contributed by atoms with Gasteiger partial charge in [-0.3, -0.25) is 0 Å². The van der Waals surface area contributed by atoms with Crippen LogP contribution in [0, 0.1) is 6.92 Å². The Labute approximate surface area is 121 Å². The molecule has 2 aromatic carbocycles. The van der Waals surface area contributed by atoms with Crippen molar-refractivity contribution < 1.29 is 14.4 Å². The van der Waals surface area contributed by atoms with Crippen molar-refractivity contribution in [1.29, 1.82) is 0 Å². The molecule has 4 nitrogen and oxygen atoms in total. The molecule has 0 atom stereocenters. The maximum Gasteiger partial charge on any atom is 0.137 e. The fraction of sp³-hybridized carbons (Fsp3) is 0.118. The zero-order valence-electron chi connectivity index (χ0n) is 11.8. The van der Waals surface area contributed by atoms with Gasteiger partial charge < -0.3 is 14.4 Å². The van der Waals surface area contributed by atoms with Gasteiger partial charge in [-0.05, 0) is 43.3 Å². The predicted octanol–water partition coefficient (Wildman–Crippen LogP) is 3.71. The van der Waals surface area contributed by atoms with Crippen molar-refractivity contribution in [3.63, 3.8) is 0 Å². The van der Waals surface area contributed by atoms with Crippen LogP contribution in [0.25, 0.3) is 22.3 Å². The highest BCUT2D eigenvalue weighted by molar-refractivity contribution is 5.79. The molecule has 3 rings (SSSR count). The Balaban J connectivity index is 2.21. The maximum absolute atomic E-state index is 9.24. The average molecular weight is 281 g/mol. The zero-order chi connectivity index (χ0) is 14.8. The van der Waals surface area contributed by atoms with Gasteiger partial charge in [-0.2, -0.15) is 0 Å². The van der Waals surface area contributed by atoms with Crippen LogP contribution in [0.1, 0.15) is 5.56 Å². The first-order valence-corrected chi connectivity index (χ1v) is 6.58. The van der Waals surface area contributed by atoms with Gasteiger partial charge in [0.15, 0.2) is 0 Å². The van der Waals surface area contributed by atoms with E-state index in [1.54, 1.807) is 13.2 Å². The van der Waals surface area contributed by atoms with Crippen molar-refractivity contribution >= 4 is 11.0 Å². The number of benzene rings is 2. The third kappa shape index (κ3) is 2.48. The van der Waals surface area contributed by atoms with Crippen molar-refractivity contribution in [2.45, 2.75) is 6.92 Å². The van der Waals surface area contributed by atoms with Crippen LogP contribution in [0.15, 0.2) is 58.1 Å². The van der Waals surface area contributed by atoms with E-state index in [2.05, 4.69) is 5.16 Å². The predicted molar refractivity (Wildman–Crippen MR) is 80.3 cm³/mol. The van der Waals surface area contributed by atoms with Crippen LogP contribution in [0.3, 0.4) is 0 Å². The lowest BCUT2D eigenvalue weighted by Crippen LogP contribution is -2.03. The molecule has 0 radical (unpaired) electrons.